The van der Waals surface area contributed by atoms with Gasteiger partial charge in [0, 0.05) is 42.2 Å². The molecule has 1 fully saturated rings. The maximum Gasteiger partial charge on any atom is 0.243 e. The maximum absolute atomic E-state index is 14.5. The van der Waals surface area contributed by atoms with E-state index in [0.717, 1.165) is 22.9 Å². The summed E-state index contributed by atoms with van der Waals surface area (Å²) >= 11 is 0. The number of hydrogen-bond donors (Lipinski definition) is 2. The molecule has 4 heterocycles. The highest BCUT2D eigenvalue weighted by molar-refractivity contribution is 6.06. The molecule has 1 aliphatic carbocycles. The summed E-state index contributed by atoms with van der Waals surface area (Å²) in [5.74, 6) is 5.96. The number of nitrogens with zero attached hydrogens (tertiary/aromatic N) is 3. The average molecular weight is 560 g/mol. The monoisotopic (exact) mass is 559 g/mol. The fraction of sp³-hybridized carbons (Fsp3) is 0.438. The number of halogens is 2. The van der Waals surface area contributed by atoms with E-state index in [1.165, 1.54) is 6.08 Å². The van der Waals surface area contributed by atoms with E-state index in [1.807, 2.05) is 25.1 Å². The first-order valence-electron chi connectivity index (χ1n) is 13.9. The van der Waals surface area contributed by atoms with Crippen molar-refractivity contribution in [3.63, 3.8) is 0 Å². The van der Waals surface area contributed by atoms with Crippen LogP contribution < -0.4 is 10.6 Å². The number of allylic oxidation sites excluding steroid dienone is 3. The van der Waals surface area contributed by atoms with Crippen molar-refractivity contribution in [3.8, 4) is 11.8 Å². The Labute approximate surface area is 239 Å². The van der Waals surface area contributed by atoms with Gasteiger partial charge in [-0.25, -0.2) is 13.8 Å². The van der Waals surface area contributed by atoms with E-state index in [-0.39, 0.29) is 24.8 Å². The first-order valence-corrected chi connectivity index (χ1v) is 13.9. The Balaban J connectivity index is 1.39. The van der Waals surface area contributed by atoms with Crippen molar-refractivity contribution in [1.82, 2.24) is 20.2 Å². The number of piperazine rings is 1. The van der Waals surface area contributed by atoms with Gasteiger partial charge in [-0.1, -0.05) is 24.8 Å². The number of pyridine rings is 2. The fourth-order valence-corrected chi connectivity index (χ4v) is 5.83. The van der Waals surface area contributed by atoms with E-state index < -0.39 is 28.5 Å². The number of hydrogen-bond acceptors (Lipinski definition) is 5. The summed E-state index contributed by atoms with van der Waals surface area (Å²) in [4.78, 5) is 37.1. The molecule has 2 N–H and O–H groups in total. The van der Waals surface area contributed by atoms with Gasteiger partial charge in [-0.15, -0.1) is 0 Å². The molecule has 1 saturated heterocycles. The molecule has 7 nitrogen and oxygen atoms in total. The van der Waals surface area contributed by atoms with Crippen LogP contribution in [0.25, 0.3) is 0 Å². The average Bonchev–Trinajstić information content (AvgIpc) is 3.45. The van der Waals surface area contributed by atoms with Crippen molar-refractivity contribution in [2.45, 2.75) is 76.5 Å². The van der Waals surface area contributed by atoms with Crippen LogP contribution in [0.2, 0.25) is 0 Å². The van der Waals surface area contributed by atoms with Crippen LogP contribution in [0.5, 0.6) is 0 Å². The fourth-order valence-electron chi connectivity index (χ4n) is 5.83. The van der Waals surface area contributed by atoms with Crippen molar-refractivity contribution in [1.29, 1.82) is 0 Å². The van der Waals surface area contributed by atoms with Crippen LogP contribution in [0.4, 0.5) is 14.6 Å². The molecule has 5 rings (SSSR count). The predicted molar refractivity (Wildman–Crippen MR) is 153 cm³/mol. The first kappa shape index (κ1) is 28.6. The van der Waals surface area contributed by atoms with E-state index in [4.69, 9.17) is 0 Å². The Morgan fingerprint density at radius 2 is 2.02 bits per heavy atom. The third-order valence-corrected chi connectivity index (χ3v) is 8.67. The number of carbonyl (C=O) groups excluding carboxylic acids is 2. The van der Waals surface area contributed by atoms with E-state index in [9.17, 15) is 18.4 Å². The third kappa shape index (κ3) is 5.06. The molecule has 3 unspecified atom stereocenters. The summed E-state index contributed by atoms with van der Waals surface area (Å²) in [7, 11) is 0. The zero-order chi connectivity index (χ0) is 29.6. The molecule has 2 aromatic rings. The largest absolute Gasteiger partial charge is 0.320 e. The van der Waals surface area contributed by atoms with Crippen molar-refractivity contribution in [2.24, 2.45) is 0 Å². The molecule has 2 aromatic heterocycles. The van der Waals surface area contributed by atoms with Crippen LogP contribution in [-0.4, -0.2) is 57.0 Å². The normalized spacial score (nSPS) is 25.9. The smallest absolute Gasteiger partial charge is 0.243 e. The van der Waals surface area contributed by atoms with Crippen LogP contribution >= 0.6 is 0 Å². The molecule has 3 aliphatic rings. The lowest BCUT2D eigenvalue weighted by Gasteiger charge is -2.50. The molecule has 0 aromatic carbocycles. The molecule has 2 aliphatic heterocycles. The quantitative estimate of drug-likeness (QED) is 0.421. The second-order valence-electron chi connectivity index (χ2n) is 11.9. The number of fused-ring (bicyclic) bond motifs is 3. The third-order valence-electron chi connectivity index (χ3n) is 8.67. The number of anilines is 1. The highest BCUT2D eigenvalue weighted by Gasteiger charge is 2.52. The lowest BCUT2D eigenvalue weighted by Crippen LogP contribution is -2.70. The predicted octanol–water partition coefficient (Wildman–Crippen LogP) is 4.33. The molecule has 0 radical (unpaired) electrons. The zero-order valence-corrected chi connectivity index (χ0v) is 24.1. The van der Waals surface area contributed by atoms with Gasteiger partial charge in [0.05, 0.1) is 23.0 Å². The summed E-state index contributed by atoms with van der Waals surface area (Å²) in [6.45, 7) is 9.35. The molecule has 0 saturated carbocycles. The van der Waals surface area contributed by atoms with Crippen molar-refractivity contribution >= 4 is 17.6 Å². The van der Waals surface area contributed by atoms with Gasteiger partial charge in [0.15, 0.2) is 0 Å². The van der Waals surface area contributed by atoms with E-state index in [1.54, 1.807) is 45.0 Å². The van der Waals surface area contributed by atoms with Gasteiger partial charge in [0.2, 0.25) is 11.8 Å². The molecule has 214 valence electrons. The number of rotatable bonds is 5. The molecular weight excluding hydrogens is 524 g/mol. The summed E-state index contributed by atoms with van der Waals surface area (Å²) in [6.07, 6.45) is 5.43. The van der Waals surface area contributed by atoms with Crippen LogP contribution in [0, 0.1) is 11.8 Å². The Kier molecular flexibility index (Phi) is 7.33. The molecular formula is C32H35F2N5O2. The molecule has 0 bridgehead atoms. The molecule has 1 spiro atoms. The van der Waals surface area contributed by atoms with Crippen LogP contribution in [0.3, 0.4) is 0 Å². The summed E-state index contributed by atoms with van der Waals surface area (Å²) in [5.41, 5.74) is 1.59. The Morgan fingerprint density at radius 1 is 1.24 bits per heavy atom. The number of nitrogens with one attached hydrogen (secondary N) is 2. The SMILES string of the molecule is CCC(F)C=C(F)C=C(C)C1(C)CNC(C)(C)C(=O)N1CC#Cc1cnc2c(c1)CC1(C2)C(=O)Nc2ncccc21. The van der Waals surface area contributed by atoms with E-state index >= 15 is 0 Å². The van der Waals surface area contributed by atoms with Crippen molar-refractivity contribution in [3.05, 3.63) is 76.5 Å². The summed E-state index contributed by atoms with van der Waals surface area (Å²) in [5, 5.41) is 6.17. The number of amides is 2. The zero-order valence-electron chi connectivity index (χ0n) is 24.1. The van der Waals surface area contributed by atoms with E-state index in [0.29, 0.717) is 36.3 Å². The Hall–Kier alpha value is -3.90. The van der Waals surface area contributed by atoms with Gasteiger partial charge < -0.3 is 15.5 Å². The lowest BCUT2D eigenvalue weighted by molar-refractivity contribution is -0.145. The molecule has 9 heteroatoms. The van der Waals surface area contributed by atoms with Gasteiger partial charge in [-0.2, -0.15) is 0 Å². The minimum atomic E-state index is -1.37. The molecule has 3 atom stereocenters. The van der Waals surface area contributed by atoms with Gasteiger partial charge >= 0.3 is 0 Å². The lowest BCUT2D eigenvalue weighted by atomic mass is 9.80. The number of carbonyl (C=O) groups is 2. The first-order chi connectivity index (χ1) is 19.4. The standard InChI is InChI=1S/C32H35F2N5O2/c1-6-23(33)15-24(34)13-20(2)31(5)19-37-30(3,4)29(41)39(31)12-8-9-21-14-22-16-32(17-26(22)36-18-21)25-10-7-11-35-27(25)38-28(32)40/h7,10-11,13-15,18,23,37H,6,12,16-17,19H2,1-5H3,(H,35,38,40). The van der Waals surface area contributed by atoms with Crippen LogP contribution in [-0.2, 0) is 27.8 Å². The van der Waals surface area contributed by atoms with Crippen molar-refractivity contribution in [2.75, 3.05) is 18.4 Å². The number of alkyl halides is 1. The van der Waals surface area contributed by atoms with Crippen LogP contribution in [0.15, 0.2) is 54.1 Å². The Morgan fingerprint density at radius 3 is 2.78 bits per heavy atom. The molecule has 41 heavy (non-hydrogen) atoms. The minimum absolute atomic E-state index is 0.0672. The number of aromatic nitrogens is 2. The van der Waals surface area contributed by atoms with Gasteiger partial charge in [-0.05, 0) is 76.0 Å². The summed E-state index contributed by atoms with van der Waals surface area (Å²) < 4.78 is 28.3. The van der Waals surface area contributed by atoms with E-state index in [2.05, 4.69) is 32.4 Å². The molecule has 2 amide bonds. The maximum atomic E-state index is 14.5. The van der Waals surface area contributed by atoms with Gasteiger partial charge in [0.25, 0.3) is 0 Å². The van der Waals surface area contributed by atoms with Gasteiger partial charge in [-0.3, -0.25) is 14.6 Å². The van der Waals surface area contributed by atoms with Crippen LogP contribution in [0.1, 0.15) is 63.4 Å². The van der Waals surface area contributed by atoms with Crippen molar-refractivity contribution < 1.29 is 18.4 Å². The second kappa shape index (κ2) is 10.5. The second-order valence-corrected chi connectivity index (χ2v) is 11.9. The highest BCUT2D eigenvalue weighted by atomic mass is 19.1. The van der Waals surface area contributed by atoms with Gasteiger partial charge in [0.1, 0.15) is 17.8 Å². The minimum Gasteiger partial charge on any atom is -0.320 e. The summed E-state index contributed by atoms with van der Waals surface area (Å²) in [6, 6.07) is 5.74. The highest BCUT2D eigenvalue weighted by Crippen LogP contribution is 2.46. The topological polar surface area (TPSA) is 87.2 Å². The Bertz CT molecular complexity index is 1540.